The predicted octanol–water partition coefficient (Wildman–Crippen LogP) is 6.98. The van der Waals surface area contributed by atoms with E-state index in [0.717, 1.165) is 50.7 Å². The highest BCUT2D eigenvalue weighted by atomic mass is 19.4. The fourth-order valence-electron chi connectivity index (χ4n) is 3.75. The lowest BCUT2D eigenvalue weighted by atomic mass is 10.2. The van der Waals surface area contributed by atoms with Crippen LogP contribution in [-0.2, 0) is 27.5 Å². The van der Waals surface area contributed by atoms with Crippen LogP contribution < -0.4 is 20.9 Å². The van der Waals surface area contributed by atoms with Crippen LogP contribution in [0.5, 0.6) is 0 Å². The van der Waals surface area contributed by atoms with Crippen molar-refractivity contribution in [3.63, 3.8) is 0 Å². The van der Waals surface area contributed by atoms with E-state index >= 15 is 0 Å². The number of nitrogens with zero attached hydrogens (tertiary/aromatic N) is 5. The van der Waals surface area contributed by atoms with Crippen molar-refractivity contribution < 1.29 is 73.8 Å². The summed E-state index contributed by atoms with van der Waals surface area (Å²) >= 11 is 0. The number of halogens is 9. The number of aryl methyl sites for hydroxylation is 2. The number of hydrogen-bond donors (Lipinski definition) is 5. The number of hydrogen-bond acceptors (Lipinski definition) is 8. The summed E-state index contributed by atoms with van der Waals surface area (Å²) in [7, 11) is 0. The molecule has 1 aromatic heterocycles. The lowest BCUT2D eigenvalue weighted by molar-refractivity contribution is -0.683. The van der Waals surface area contributed by atoms with Crippen molar-refractivity contribution in [2.75, 3.05) is 31.1 Å². The van der Waals surface area contributed by atoms with Crippen molar-refractivity contribution in [1.82, 2.24) is 4.57 Å². The Balaban J connectivity index is 0. The van der Waals surface area contributed by atoms with Crippen LogP contribution in [0.3, 0.4) is 0 Å². The molecule has 22 heteroatoms. The number of unbranched alkanes of at least 4 members (excludes halogenated alkanes) is 4. The van der Waals surface area contributed by atoms with Crippen molar-refractivity contribution >= 4 is 35.2 Å². The van der Waals surface area contributed by atoms with E-state index in [1.54, 1.807) is 0 Å². The number of nitrogens with two attached hydrogens (primary N) is 2. The Hall–Kier alpha value is -4.47. The molecule has 0 spiro atoms. The van der Waals surface area contributed by atoms with Crippen molar-refractivity contribution in [2.45, 2.75) is 96.8 Å². The van der Waals surface area contributed by atoms with Gasteiger partial charge in [-0.3, -0.25) is 0 Å². The molecular formula is C31H47F9N7O6+. The SMILES string of the molecule is CCCCCN(CCCCC)c1ccc(N=Nc2n(CCCN)cc[n+]2CCCN)cc1.O=C(O)C(F)(F)F.O=C(O)C(F)(F)F.O=C(O)C(F)(F)F. The highest BCUT2D eigenvalue weighted by Crippen LogP contribution is 2.23. The van der Waals surface area contributed by atoms with Crippen LogP contribution in [0.15, 0.2) is 46.9 Å². The van der Waals surface area contributed by atoms with Crippen LogP contribution in [0.2, 0.25) is 0 Å². The summed E-state index contributed by atoms with van der Waals surface area (Å²) in [6, 6.07) is 8.51. The second-order valence-corrected chi connectivity index (χ2v) is 10.8. The van der Waals surface area contributed by atoms with E-state index < -0.39 is 36.4 Å². The number of carboxylic acids is 3. The van der Waals surface area contributed by atoms with Crippen LogP contribution in [0.1, 0.15) is 65.2 Å². The standard InChI is InChI=1S/C25H44N7.3C2HF3O2/c1-3-5-7-17-30(18-8-6-4-2)24-13-11-23(12-14-24)28-29-25-31(19-9-15-26)21-22-32(25)20-10-16-27;3*3-2(4,5)1(6)7/h11-14,21-22H,3-10,15-20,26-27H2,1-2H3;3*(H,6,7)/q+1;;;. The lowest BCUT2D eigenvalue weighted by Crippen LogP contribution is -2.33. The highest BCUT2D eigenvalue weighted by Gasteiger charge is 2.39. The number of carboxylic acid groups (broad SMARTS) is 3. The number of azo groups is 1. The minimum Gasteiger partial charge on any atom is -0.475 e. The van der Waals surface area contributed by atoms with Gasteiger partial charge in [-0.2, -0.15) is 39.5 Å². The quantitative estimate of drug-likeness (QED) is 0.0486. The van der Waals surface area contributed by atoms with Crippen molar-refractivity contribution in [3.8, 4) is 0 Å². The minimum absolute atomic E-state index is 0.659. The molecule has 0 atom stereocenters. The van der Waals surface area contributed by atoms with Gasteiger partial charge in [0.2, 0.25) is 0 Å². The fraction of sp³-hybridized carbons (Fsp3) is 0.613. The van der Waals surface area contributed by atoms with Gasteiger partial charge in [0.25, 0.3) is 0 Å². The number of aliphatic carboxylic acids is 3. The second kappa shape index (κ2) is 26.3. The molecule has 0 aliphatic heterocycles. The van der Waals surface area contributed by atoms with Crippen LogP contribution in [-0.4, -0.2) is 82.5 Å². The van der Waals surface area contributed by atoms with Crippen LogP contribution in [0.25, 0.3) is 0 Å². The number of rotatable bonds is 17. The molecule has 0 radical (unpaired) electrons. The summed E-state index contributed by atoms with van der Waals surface area (Å²) in [6.45, 7) is 9.75. The first-order valence-electron chi connectivity index (χ1n) is 16.2. The van der Waals surface area contributed by atoms with Crippen molar-refractivity contribution in [3.05, 3.63) is 36.7 Å². The molecule has 0 amide bonds. The Morgan fingerprint density at radius 2 is 1.11 bits per heavy atom. The summed E-state index contributed by atoms with van der Waals surface area (Å²) < 4.78 is 99.4. The maximum Gasteiger partial charge on any atom is 0.490 e. The molecule has 53 heavy (non-hydrogen) atoms. The van der Waals surface area contributed by atoms with Crippen LogP contribution in [0, 0.1) is 0 Å². The number of aromatic nitrogens is 2. The number of carbonyl (C=O) groups is 3. The van der Waals surface area contributed by atoms with Crippen LogP contribution >= 0.6 is 0 Å². The van der Waals surface area contributed by atoms with E-state index in [0.29, 0.717) is 13.1 Å². The van der Waals surface area contributed by atoms with Gasteiger partial charge in [0.1, 0.15) is 5.69 Å². The summed E-state index contributed by atoms with van der Waals surface area (Å²) in [5, 5.41) is 30.5. The smallest absolute Gasteiger partial charge is 0.475 e. The maximum atomic E-state index is 10.6. The second-order valence-electron chi connectivity index (χ2n) is 10.8. The third kappa shape index (κ3) is 24.4. The summed E-state index contributed by atoms with van der Waals surface area (Å²) in [4.78, 5) is 29.2. The number of alkyl halides is 9. The molecule has 1 aromatic carbocycles. The van der Waals surface area contributed by atoms with Gasteiger partial charge in [0.05, 0.1) is 25.5 Å². The molecule has 2 rings (SSSR count). The van der Waals surface area contributed by atoms with Crippen LogP contribution in [0.4, 0.5) is 56.8 Å². The number of benzene rings is 1. The fourth-order valence-corrected chi connectivity index (χ4v) is 3.75. The van der Waals surface area contributed by atoms with Gasteiger partial charge in [0.15, 0.2) is 0 Å². The summed E-state index contributed by atoms with van der Waals surface area (Å²) in [6.07, 6.45) is -1.78. The maximum absolute atomic E-state index is 10.6. The first kappa shape index (κ1) is 50.6. The lowest BCUT2D eigenvalue weighted by Gasteiger charge is -2.25. The first-order valence-corrected chi connectivity index (χ1v) is 16.2. The van der Waals surface area contributed by atoms with Gasteiger partial charge in [0, 0.05) is 23.9 Å². The third-order valence-electron chi connectivity index (χ3n) is 6.41. The number of anilines is 1. The molecular weight excluding hydrogens is 737 g/mol. The Kier molecular flexibility index (Phi) is 25.1. The van der Waals surface area contributed by atoms with Gasteiger partial charge in [-0.25, -0.2) is 23.5 Å². The van der Waals surface area contributed by atoms with E-state index in [9.17, 15) is 39.5 Å². The van der Waals surface area contributed by atoms with E-state index in [2.05, 4.69) is 62.4 Å². The van der Waals surface area contributed by atoms with Crippen molar-refractivity contribution in [1.29, 1.82) is 0 Å². The molecule has 0 aliphatic carbocycles. The predicted molar refractivity (Wildman–Crippen MR) is 175 cm³/mol. The molecule has 2 aromatic rings. The molecule has 13 nitrogen and oxygen atoms in total. The molecule has 0 saturated carbocycles. The highest BCUT2D eigenvalue weighted by molar-refractivity contribution is 5.73. The van der Waals surface area contributed by atoms with Gasteiger partial charge in [-0.1, -0.05) is 44.6 Å². The normalized spacial score (nSPS) is 11.4. The van der Waals surface area contributed by atoms with E-state index in [-0.39, 0.29) is 0 Å². The molecule has 0 unspecified atom stereocenters. The molecule has 0 bridgehead atoms. The first-order chi connectivity index (χ1) is 24.6. The monoisotopic (exact) mass is 784 g/mol. The topological polar surface area (TPSA) is 201 Å². The molecule has 0 saturated heterocycles. The summed E-state index contributed by atoms with van der Waals surface area (Å²) in [5.74, 6) is -7.43. The van der Waals surface area contributed by atoms with Crippen molar-refractivity contribution in [2.24, 2.45) is 21.7 Å². The van der Waals surface area contributed by atoms with Gasteiger partial charge < -0.3 is 31.7 Å². The average Bonchev–Trinajstić information content (AvgIpc) is 3.45. The Morgan fingerprint density at radius 3 is 1.47 bits per heavy atom. The molecule has 1 heterocycles. The Bertz CT molecular complexity index is 1260. The molecule has 0 aliphatic rings. The molecule has 7 N–H and O–H groups in total. The van der Waals surface area contributed by atoms with E-state index in [1.807, 2.05) is 12.4 Å². The van der Waals surface area contributed by atoms with Gasteiger partial charge in [-0.15, -0.1) is 0 Å². The van der Waals surface area contributed by atoms with E-state index in [1.165, 1.54) is 44.2 Å². The molecule has 0 fully saturated rings. The summed E-state index contributed by atoms with van der Waals surface area (Å²) in [5.41, 5.74) is 13.5. The average molecular weight is 785 g/mol. The van der Waals surface area contributed by atoms with Gasteiger partial charge >= 0.3 is 42.4 Å². The zero-order valence-corrected chi connectivity index (χ0v) is 29.2. The van der Waals surface area contributed by atoms with E-state index in [4.69, 9.17) is 41.2 Å². The zero-order chi connectivity index (χ0) is 41.3. The minimum atomic E-state index is -5.08. The largest absolute Gasteiger partial charge is 0.490 e. The third-order valence-corrected chi connectivity index (χ3v) is 6.41. The zero-order valence-electron chi connectivity index (χ0n) is 29.2. The Morgan fingerprint density at radius 1 is 0.698 bits per heavy atom. The molecule has 304 valence electrons. The van der Waals surface area contributed by atoms with Gasteiger partial charge in [-0.05, 0) is 63.0 Å². The number of imidazole rings is 1. The Labute approximate surface area is 300 Å².